The van der Waals surface area contributed by atoms with Gasteiger partial charge in [0.1, 0.15) is 11.4 Å². The summed E-state index contributed by atoms with van der Waals surface area (Å²) in [5.74, 6) is 0.596. The smallest absolute Gasteiger partial charge is 0.339 e. The molecule has 0 aliphatic carbocycles. The van der Waals surface area contributed by atoms with Crippen LogP contribution in [-0.4, -0.2) is 78.6 Å². The lowest BCUT2D eigenvalue weighted by molar-refractivity contribution is -0.133. The summed E-state index contributed by atoms with van der Waals surface area (Å²) in [5, 5.41) is 1.10. The van der Waals surface area contributed by atoms with Crippen LogP contribution >= 0.6 is 0 Å². The summed E-state index contributed by atoms with van der Waals surface area (Å²) in [6, 6.07) is 12.1. The van der Waals surface area contributed by atoms with Gasteiger partial charge in [0.2, 0.25) is 5.91 Å². The van der Waals surface area contributed by atoms with Crippen LogP contribution in [0.3, 0.4) is 0 Å². The molecule has 1 fully saturated rings. The number of para-hydroxylation sites is 1. The molecule has 2 atom stereocenters. The van der Waals surface area contributed by atoms with Gasteiger partial charge in [-0.2, -0.15) is 0 Å². The highest BCUT2D eigenvalue weighted by atomic mass is 16.5. The first-order chi connectivity index (χ1) is 17.4. The number of furan rings is 1. The van der Waals surface area contributed by atoms with Gasteiger partial charge in [-0.25, -0.2) is 9.78 Å². The van der Waals surface area contributed by atoms with Crippen LogP contribution in [0.4, 0.5) is 5.82 Å². The maximum Gasteiger partial charge on any atom is 0.339 e. The minimum Gasteiger partial charge on any atom is -0.465 e. The highest BCUT2D eigenvalue weighted by molar-refractivity contribution is 5.91. The summed E-state index contributed by atoms with van der Waals surface area (Å²) in [4.78, 5) is 35.8. The van der Waals surface area contributed by atoms with Crippen molar-refractivity contribution in [1.82, 2.24) is 14.8 Å². The van der Waals surface area contributed by atoms with Crippen molar-refractivity contribution in [3.8, 4) is 0 Å². The molecule has 3 aromatic rings. The van der Waals surface area contributed by atoms with Crippen molar-refractivity contribution in [2.45, 2.75) is 32.4 Å². The fourth-order valence-electron chi connectivity index (χ4n) is 5.31. The van der Waals surface area contributed by atoms with Gasteiger partial charge in [0.25, 0.3) is 0 Å². The zero-order valence-corrected chi connectivity index (χ0v) is 21.0. The molecule has 2 aliphatic heterocycles. The van der Waals surface area contributed by atoms with Crippen LogP contribution in [0.5, 0.6) is 0 Å². The minimum absolute atomic E-state index is 0.161. The van der Waals surface area contributed by atoms with Crippen LogP contribution in [0.15, 0.2) is 59.4 Å². The van der Waals surface area contributed by atoms with E-state index in [9.17, 15) is 9.59 Å². The Labute approximate surface area is 211 Å². The number of carbonyl (C=O) groups is 2. The van der Waals surface area contributed by atoms with Crippen LogP contribution in [-0.2, 0) is 9.53 Å². The van der Waals surface area contributed by atoms with Gasteiger partial charge in [-0.1, -0.05) is 24.3 Å². The van der Waals surface area contributed by atoms with Crippen molar-refractivity contribution in [3.05, 3.63) is 66.1 Å². The van der Waals surface area contributed by atoms with Crippen molar-refractivity contribution < 1.29 is 18.7 Å². The minimum atomic E-state index is -0.392. The number of carbonyl (C=O) groups excluding carboxylic acids is 2. The monoisotopic (exact) mass is 488 g/mol. The number of amides is 1. The lowest BCUT2D eigenvalue weighted by Gasteiger charge is -2.45. The largest absolute Gasteiger partial charge is 0.465 e. The van der Waals surface area contributed by atoms with E-state index < -0.39 is 5.97 Å². The molecule has 0 unspecified atom stereocenters. The summed E-state index contributed by atoms with van der Waals surface area (Å²) in [5.41, 5.74) is 3.71. The molecule has 8 heteroatoms. The predicted molar refractivity (Wildman–Crippen MR) is 139 cm³/mol. The Morgan fingerprint density at radius 2 is 1.92 bits per heavy atom. The Kier molecular flexibility index (Phi) is 6.78. The van der Waals surface area contributed by atoms with E-state index in [1.54, 1.807) is 18.5 Å². The number of ether oxygens (including phenoxy) is 1. The van der Waals surface area contributed by atoms with Gasteiger partial charge in [0.15, 0.2) is 0 Å². The first-order valence-corrected chi connectivity index (χ1v) is 12.4. The first kappa shape index (κ1) is 24.1. The Balaban J connectivity index is 1.19. The molecule has 0 saturated carbocycles. The molecule has 4 heterocycles. The number of esters is 1. The second-order valence-corrected chi connectivity index (χ2v) is 9.64. The normalized spacial score (nSPS) is 20.9. The van der Waals surface area contributed by atoms with E-state index in [4.69, 9.17) is 9.15 Å². The predicted octanol–water partition coefficient (Wildman–Crippen LogP) is 3.83. The van der Waals surface area contributed by atoms with Crippen molar-refractivity contribution in [2.75, 3.05) is 44.7 Å². The molecule has 5 rings (SSSR count). The number of hydrogen-bond acceptors (Lipinski definition) is 7. The number of rotatable bonds is 5. The Morgan fingerprint density at radius 1 is 1.11 bits per heavy atom. The lowest BCUT2D eigenvalue weighted by Crippen LogP contribution is -2.59. The van der Waals surface area contributed by atoms with E-state index in [0.29, 0.717) is 25.2 Å². The quantitative estimate of drug-likeness (QED) is 0.505. The third-order valence-corrected chi connectivity index (χ3v) is 7.30. The molecule has 36 heavy (non-hydrogen) atoms. The van der Waals surface area contributed by atoms with Crippen LogP contribution in [0.1, 0.15) is 36.2 Å². The molecule has 0 N–H and O–H groups in total. The average Bonchev–Trinajstić information content (AvgIpc) is 3.39. The Bertz CT molecular complexity index is 1270. The van der Waals surface area contributed by atoms with Crippen molar-refractivity contribution in [3.63, 3.8) is 0 Å². The van der Waals surface area contributed by atoms with E-state index >= 15 is 0 Å². The molecular formula is C28H32N4O4. The summed E-state index contributed by atoms with van der Waals surface area (Å²) in [6.07, 6.45) is 6.25. The number of hydrogen-bond donors (Lipinski definition) is 0. The van der Waals surface area contributed by atoms with Gasteiger partial charge >= 0.3 is 5.97 Å². The second-order valence-electron chi connectivity index (χ2n) is 9.64. The molecule has 1 aromatic carbocycles. The van der Waals surface area contributed by atoms with Gasteiger partial charge in [-0.05, 0) is 44.0 Å². The molecular weight excluding hydrogens is 456 g/mol. The zero-order chi connectivity index (χ0) is 25.2. The molecule has 0 radical (unpaired) electrons. The number of piperazine rings is 1. The van der Waals surface area contributed by atoms with Gasteiger partial charge < -0.3 is 19.0 Å². The zero-order valence-electron chi connectivity index (χ0n) is 21.0. The Morgan fingerprint density at radius 3 is 2.58 bits per heavy atom. The molecule has 1 amide bonds. The van der Waals surface area contributed by atoms with Crippen LogP contribution in [0, 0.1) is 0 Å². The van der Waals surface area contributed by atoms with Crippen LogP contribution in [0.25, 0.3) is 16.5 Å². The van der Waals surface area contributed by atoms with E-state index in [-0.39, 0.29) is 18.0 Å². The van der Waals surface area contributed by atoms with E-state index in [2.05, 4.69) is 52.9 Å². The van der Waals surface area contributed by atoms with Crippen molar-refractivity contribution in [2.24, 2.45) is 0 Å². The molecule has 2 aliphatic rings. The van der Waals surface area contributed by atoms with E-state index in [0.717, 1.165) is 41.9 Å². The number of nitrogens with zero attached hydrogens (tertiary/aromatic N) is 4. The second kappa shape index (κ2) is 10.1. The van der Waals surface area contributed by atoms with Crippen molar-refractivity contribution >= 4 is 34.2 Å². The number of pyridine rings is 1. The third kappa shape index (κ3) is 4.73. The summed E-state index contributed by atoms with van der Waals surface area (Å²) in [6.45, 7) is 7.56. The van der Waals surface area contributed by atoms with Gasteiger partial charge in [0, 0.05) is 55.4 Å². The number of fused-ring (bicyclic) bond motifs is 1. The fourth-order valence-corrected chi connectivity index (χ4v) is 5.31. The highest BCUT2D eigenvalue weighted by Gasteiger charge is 2.32. The van der Waals surface area contributed by atoms with E-state index in [1.165, 1.54) is 12.7 Å². The molecule has 0 spiro atoms. The lowest BCUT2D eigenvalue weighted by atomic mass is 9.98. The molecule has 1 saturated heterocycles. The fraction of sp³-hybridized carbons (Fsp3) is 0.393. The third-order valence-electron chi connectivity index (χ3n) is 7.30. The molecule has 8 nitrogen and oxygen atoms in total. The van der Waals surface area contributed by atoms with E-state index in [1.807, 2.05) is 17.0 Å². The Hall–Kier alpha value is -3.65. The van der Waals surface area contributed by atoms with Crippen LogP contribution < -0.4 is 4.90 Å². The van der Waals surface area contributed by atoms with Gasteiger partial charge in [0.05, 0.1) is 25.5 Å². The SMILES string of the molecule is COC(=O)c1ccc(N2C[C@@H](C)N(CC(=O)N3CC=C(c4cccc5ccoc45)CC3)[C@@H](C)C2)nc1. The average molecular weight is 489 g/mol. The number of aromatic nitrogens is 1. The highest BCUT2D eigenvalue weighted by Crippen LogP contribution is 2.30. The number of methoxy groups -OCH3 is 1. The standard InChI is InChI=1S/C28H32N4O4/c1-19-16-31(25-8-7-23(15-29-25)28(34)35-3)17-20(2)32(19)18-26(33)30-12-9-21(10-13-30)24-6-4-5-22-11-14-36-27(22)24/h4-9,11,14-15,19-20H,10,12-13,16-18H2,1-3H3/t19-,20+. The summed E-state index contributed by atoms with van der Waals surface area (Å²) >= 11 is 0. The first-order valence-electron chi connectivity index (χ1n) is 12.4. The molecule has 0 bridgehead atoms. The maximum atomic E-state index is 13.2. The van der Waals surface area contributed by atoms with Crippen LogP contribution in [0.2, 0.25) is 0 Å². The number of anilines is 1. The van der Waals surface area contributed by atoms with Gasteiger partial charge in [-0.15, -0.1) is 0 Å². The topological polar surface area (TPSA) is 79.1 Å². The van der Waals surface area contributed by atoms with Gasteiger partial charge in [-0.3, -0.25) is 9.69 Å². The molecule has 188 valence electrons. The summed E-state index contributed by atoms with van der Waals surface area (Å²) < 4.78 is 10.5. The maximum absolute atomic E-state index is 13.2. The number of benzene rings is 1. The van der Waals surface area contributed by atoms with Crippen molar-refractivity contribution in [1.29, 1.82) is 0 Å². The summed E-state index contributed by atoms with van der Waals surface area (Å²) in [7, 11) is 1.36. The molecule has 2 aromatic heterocycles.